The number of rotatable bonds is 15. The number of benzene rings is 4. The first kappa shape index (κ1) is 56.1. The fourth-order valence-electron chi connectivity index (χ4n) is 9.03. The molecule has 2 aromatic heterocycles. The zero-order valence-corrected chi connectivity index (χ0v) is 46.9. The number of hydrogen-bond acceptors (Lipinski definition) is 15. The van der Waals surface area contributed by atoms with E-state index >= 15 is 0 Å². The van der Waals surface area contributed by atoms with E-state index in [1.807, 2.05) is 96.7 Å². The molecule has 0 radical (unpaired) electrons. The third-order valence-electron chi connectivity index (χ3n) is 12.9. The molecule has 18 heteroatoms. The molecule has 2 saturated heterocycles. The van der Waals surface area contributed by atoms with Gasteiger partial charge in [0, 0.05) is 91.1 Å². The molecule has 16 nitrogen and oxygen atoms in total. The lowest BCUT2D eigenvalue weighted by Gasteiger charge is -2.35. The van der Waals surface area contributed by atoms with E-state index in [2.05, 4.69) is 82.2 Å². The second-order valence-corrected chi connectivity index (χ2v) is 26.1. The van der Waals surface area contributed by atoms with Crippen molar-refractivity contribution in [3.05, 3.63) is 126 Å². The Morgan fingerprint density at radius 3 is 1.44 bits per heavy atom. The summed E-state index contributed by atoms with van der Waals surface area (Å²) < 4.78 is 51.5. The number of likely N-dealkylation sites (tertiary alicyclic amines) is 1. The van der Waals surface area contributed by atoms with Crippen molar-refractivity contribution in [1.29, 1.82) is 0 Å². The normalized spacial score (nSPS) is 15.1. The minimum absolute atomic E-state index is 0.0669. The van der Waals surface area contributed by atoms with Crippen molar-refractivity contribution in [2.24, 2.45) is 10.8 Å². The van der Waals surface area contributed by atoms with Crippen LogP contribution >= 0.6 is 0 Å². The lowest BCUT2D eigenvalue weighted by molar-refractivity contribution is -0.129. The second kappa shape index (κ2) is 23.9. The molecule has 75 heavy (non-hydrogen) atoms. The van der Waals surface area contributed by atoms with Gasteiger partial charge in [-0.1, -0.05) is 72.2 Å². The standard InChI is InChI=1S/C29H39N5O2S.C28H36N6O3S/c1-21-19-30-28(32-24-14-12-23(13-15-24)22(2)34-16-7-6-8-17-34)33-27(21)31-25-10-9-11-26(18-25)37(35,36)20-29(3,4)5;1-20-18-29-27(31-22-9-11-24(12-10-22)34-15-13-33(14-16-34)21(2)35)32-26(20)30-23-7-6-8-25(17-23)38(36,37)19-28(3,4)5/h9-15,18-19,22H,6-8,16-17,20H2,1-5H3,(H2,30,31,32,33);6-12,17-18H,13-16,19H2,1-5H3,(H2,29,30,31,32). The van der Waals surface area contributed by atoms with Gasteiger partial charge in [-0.15, -0.1) is 0 Å². The molecule has 1 atom stereocenters. The lowest BCUT2D eigenvalue weighted by atomic mass is 10.0. The minimum Gasteiger partial charge on any atom is -0.368 e. The molecule has 400 valence electrons. The predicted octanol–water partition coefficient (Wildman–Crippen LogP) is 11.4. The SMILES string of the molecule is CC(=O)N1CCN(c2ccc(Nc3ncc(C)c(Nc4cccc(S(=O)(=O)CC(C)(C)C)c4)n3)cc2)CC1.Cc1cnc(Nc2ccc(C(C)N3CCCCC3)cc2)nc1Nc1cccc(S(=O)(=O)CC(C)(C)C)c1. The Hall–Kier alpha value is -6.63. The van der Waals surface area contributed by atoms with Crippen molar-refractivity contribution in [2.75, 3.05) is 76.9 Å². The summed E-state index contributed by atoms with van der Waals surface area (Å²) in [6, 6.07) is 30.6. The van der Waals surface area contributed by atoms with Crippen LogP contribution in [0, 0.1) is 24.7 Å². The van der Waals surface area contributed by atoms with Gasteiger partial charge < -0.3 is 31.1 Å². The molecule has 4 heterocycles. The maximum Gasteiger partial charge on any atom is 0.229 e. The summed E-state index contributed by atoms with van der Waals surface area (Å²) in [7, 11) is -6.81. The van der Waals surface area contributed by atoms with Gasteiger partial charge in [0.05, 0.1) is 21.3 Å². The Labute approximate surface area is 445 Å². The summed E-state index contributed by atoms with van der Waals surface area (Å²) in [4.78, 5) is 37.0. The van der Waals surface area contributed by atoms with E-state index in [4.69, 9.17) is 0 Å². The topological polar surface area (TPSA) is 195 Å². The fraction of sp³-hybridized carbons (Fsp3) is 0.421. The molecule has 2 aliphatic heterocycles. The highest BCUT2D eigenvalue weighted by Crippen LogP contribution is 2.30. The first-order chi connectivity index (χ1) is 35.4. The molecule has 0 spiro atoms. The van der Waals surface area contributed by atoms with Crippen LogP contribution in [-0.4, -0.2) is 103 Å². The first-order valence-corrected chi connectivity index (χ1v) is 29.1. The maximum absolute atomic E-state index is 12.9. The average molecular weight is 1060 g/mol. The van der Waals surface area contributed by atoms with Gasteiger partial charge in [0.25, 0.3) is 0 Å². The second-order valence-electron chi connectivity index (χ2n) is 22.1. The highest BCUT2D eigenvalue weighted by atomic mass is 32.2. The van der Waals surface area contributed by atoms with Crippen LogP contribution in [0.15, 0.2) is 119 Å². The number of anilines is 9. The van der Waals surface area contributed by atoms with Gasteiger partial charge in [0.2, 0.25) is 17.8 Å². The van der Waals surface area contributed by atoms with Crippen molar-refractivity contribution in [3.63, 3.8) is 0 Å². The van der Waals surface area contributed by atoms with Gasteiger partial charge in [-0.3, -0.25) is 9.69 Å². The largest absolute Gasteiger partial charge is 0.368 e. The third-order valence-corrected chi connectivity index (χ3v) is 17.3. The first-order valence-electron chi connectivity index (χ1n) is 25.8. The molecule has 0 bridgehead atoms. The number of sulfone groups is 2. The van der Waals surface area contributed by atoms with E-state index in [1.165, 1.54) is 37.9 Å². The number of aromatic nitrogens is 4. The van der Waals surface area contributed by atoms with Crippen LogP contribution in [0.4, 0.5) is 52.0 Å². The molecule has 1 unspecified atom stereocenters. The van der Waals surface area contributed by atoms with Gasteiger partial charge in [-0.05, 0) is 136 Å². The molecule has 8 rings (SSSR count). The molecule has 0 saturated carbocycles. The van der Waals surface area contributed by atoms with Crippen LogP contribution in [0.25, 0.3) is 0 Å². The predicted molar refractivity (Wildman–Crippen MR) is 304 cm³/mol. The molecule has 1 amide bonds. The van der Waals surface area contributed by atoms with Crippen LogP contribution in [0.3, 0.4) is 0 Å². The number of hydrogen-bond donors (Lipinski definition) is 4. The summed E-state index contributed by atoms with van der Waals surface area (Å²) in [5.74, 6) is 2.39. The summed E-state index contributed by atoms with van der Waals surface area (Å²) in [6.07, 6.45) is 7.37. The van der Waals surface area contributed by atoms with Crippen LogP contribution in [0.1, 0.15) is 97.4 Å². The van der Waals surface area contributed by atoms with E-state index in [0.717, 1.165) is 54.4 Å². The van der Waals surface area contributed by atoms with E-state index in [9.17, 15) is 21.6 Å². The van der Waals surface area contributed by atoms with Crippen molar-refractivity contribution < 1.29 is 21.6 Å². The molecule has 2 fully saturated rings. The zero-order chi connectivity index (χ0) is 54.1. The van der Waals surface area contributed by atoms with Crippen molar-refractivity contribution in [2.45, 2.75) is 104 Å². The summed E-state index contributed by atoms with van der Waals surface area (Å²) >= 11 is 0. The number of nitrogens with zero attached hydrogens (tertiary/aromatic N) is 7. The summed E-state index contributed by atoms with van der Waals surface area (Å²) in [5.41, 5.74) is 6.51. The molecule has 0 aliphatic carbocycles. The van der Waals surface area contributed by atoms with E-state index in [0.29, 0.717) is 45.8 Å². The van der Waals surface area contributed by atoms with Crippen molar-refractivity contribution in [3.8, 4) is 0 Å². The van der Waals surface area contributed by atoms with E-state index in [1.54, 1.807) is 55.7 Å². The van der Waals surface area contributed by atoms with Crippen molar-refractivity contribution in [1.82, 2.24) is 29.7 Å². The number of aryl methyl sites for hydroxylation is 2. The molecular weight excluding hydrogens is 983 g/mol. The number of amides is 1. The smallest absolute Gasteiger partial charge is 0.229 e. The number of carbonyl (C=O) groups excluding carboxylic acids is 1. The molecule has 4 N–H and O–H groups in total. The summed E-state index contributed by atoms with van der Waals surface area (Å²) in [5, 5.41) is 13.1. The molecule has 6 aromatic rings. The highest BCUT2D eigenvalue weighted by Gasteiger charge is 2.26. The van der Waals surface area contributed by atoms with Crippen LogP contribution in [-0.2, 0) is 24.5 Å². The molecular formula is C57H75N11O5S2. The van der Waals surface area contributed by atoms with E-state index in [-0.39, 0.29) is 33.1 Å². The number of piperazine rings is 1. The third kappa shape index (κ3) is 16.2. The van der Waals surface area contributed by atoms with Gasteiger partial charge in [-0.25, -0.2) is 26.8 Å². The average Bonchev–Trinajstić information content (AvgIpc) is 3.35. The Bertz CT molecular complexity index is 3130. The van der Waals surface area contributed by atoms with Crippen LogP contribution < -0.4 is 26.2 Å². The minimum atomic E-state index is -3.42. The van der Waals surface area contributed by atoms with Crippen LogP contribution in [0.5, 0.6) is 0 Å². The Balaban J connectivity index is 0.000000219. The van der Waals surface area contributed by atoms with Gasteiger partial charge in [-0.2, -0.15) is 9.97 Å². The number of nitrogens with one attached hydrogen (secondary N) is 4. The molecule has 2 aliphatic rings. The van der Waals surface area contributed by atoms with Gasteiger partial charge in [0.15, 0.2) is 19.7 Å². The van der Waals surface area contributed by atoms with Crippen molar-refractivity contribution >= 4 is 77.6 Å². The zero-order valence-electron chi connectivity index (χ0n) is 45.2. The highest BCUT2D eigenvalue weighted by molar-refractivity contribution is 7.91. The fourth-order valence-corrected chi connectivity index (χ4v) is 12.8. The Kier molecular flexibility index (Phi) is 17.9. The quantitative estimate of drug-likeness (QED) is 0.0758. The number of piperidine rings is 1. The Morgan fingerprint density at radius 2 is 1.01 bits per heavy atom. The maximum atomic E-state index is 12.9. The Morgan fingerprint density at radius 1 is 0.573 bits per heavy atom. The number of carbonyl (C=O) groups is 1. The monoisotopic (exact) mass is 1060 g/mol. The van der Waals surface area contributed by atoms with E-state index < -0.39 is 19.7 Å². The lowest BCUT2D eigenvalue weighted by Crippen LogP contribution is -2.48. The van der Waals surface area contributed by atoms with Gasteiger partial charge in [0.1, 0.15) is 11.6 Å². The van der Waals surface area contributed by atoms with Crippen LogP contribution in [0.2, 0.25) is 0 Å². The summed E-state index contributed by atoms with van der Waals surface area (Å²) in [6.45, 7) is 24.6. The van der Waals surface area contributed by atoms with Gasteiger partial charge >= 0.3 is 0 Å². The molecule has 4 aromatic carbocycles.